The van der Waals surface area contributed by atoms with Crippen molar-refractivity contribution in [1.29, 1.82) is 0 Å². The predicted octanol–water partition coefficient (Wildman–Crippen LogP) is 8.10. The zero-order valence-electron chi connectivity index (χ0n) is 32.4. The van der Waals surface area contributed by atoms with Crippen LogP contribution in [0.2, 0.25) is 0 Å². The topological polar surface area (TPSA) is 71.0 Å². The summed E-state index contributed by atoms with van der Waals surface area (Å²) < 4.78 is 12.7. The van der Waals surface area contributed by atoms with Gasteiger partial charge in [0.1, 0.15) is 19.0 Å². The fourth-order valence-electron chi connectivity index (χ4n) is 11.7. The van der Waals surface area contributed by atoms with Gasteiger partial charge in [-0.3, -0.25) is 4.90 Å². The van der Waals surface area contributed by atoms with Gasteiger partial charge in [-0.15, -0.1) is 6.42 Å². The molecule has 5 fully saturated rings. The van der Waals surface area contributed by atoms with Crippen LogP contribution in [0.3, 0.4) is 0 Å². The van der Waals surface area contributed by atoms with Gasteiger partial charge >= 0.3 is 12.1 Å². The van der Waals surface area contributed by atoms with Crippen molar-refractivity contribution in [2.45, 2.75) is 116 Å². The molecular formula is C45H57N5O3. The molecule has 5 heterocycles. The summed E-state index contributed by atoms with van der Waals surface area (Å²) in [4.78, 5) is 30.3. The van der Waals surface area contributed by atoms with Crippen LogP contribution >= 0.6 is 0 Å². The Kier molecular flexibility index (Phi) is 9.08. The summed E-state index contributed by atoms with van der Waals surface area (Å²) in [5.74, 6) is 6.38. The van der Waals surface area contributed by atoms with Gasteiger partial charge in [0.05, 0.1) is 11.1 Å². The second-order valence-electron chi connectivity index (χ2n) is 17.8. The summed E-state index contributed by atoms with van der Waals surface area (Å²) in [5.41, 5.74) is 9.81. The van der Waals surface area contributed by atoms with E-state index in [0.29, 0.717) is 25.1 Å². The second-order valence-corrected chi connectivity index (χ2v) is 17.8. The van der Waals surface area contributed by atoms with Crippen molar-refractivity contribution in [3.8, 4) is 18.4 Å². The molecule has 4 aliphatic heterocycles. The second kappa shape index (κ2) is 13.8. The molecule has 2 bridgehead atoms. The third-order valence-corrected chi connectivity index (χ3v) is 14.2. The molecule has 0 N–H and O–H groups in total. The van der Waals surface area contributed by atoms with Crippen LogP contribution in [-0.2, 0) is 11.2 Å². The van der Waals surface area contributed by atoms with Crippen molar-refractivity contribution in [2.24, 2.45) is 17.8 Å². The molecular weight excluding hydrogens is 659 g/mol. The molecule has 0 radical (unpaired) electrons. The maximum absolute atomic E-state index is 12.7. The van der Waals surface area contributed by atoms with E-state index in [9.17, 15) is 4.79 Å². The normalized spacial score (nSPS) is 29.4. The number of rotatable bonds is 7. The van der Waals surface area contributed by atoms with Crippen LogP contribution in [-0.4, -0.2) is 83.4 Å². The molecule has 6 aliphatic rings. The van der Waals surface area contributed by atoms with E-state index < -0.39 is 0 Å². The number of nitrogens with zero attached hydrogens (tertiary/aromatic N) is 5. The number of fused-ring (bicyclic) bond motifs is 5. The van der Waals surface area contributed by atoms with Crippen molar-refractivity contribution in [3.05, 3.63) is 57.1 Å². The fraction of sp³-hybridized carbons (Fsp3) is 0.622. The summed E-state index contributed by atoms with van der Waals surface area (Å²) in [6.45, 7) is 14.8. The number of terminal acetylenes is 1. The number of aromatic nitrogens is 2. The molecule has 1 saturated carbocycles. The van der Waals surface area contributed by atoms with E-state index >= 15 is 0 Å². The highest BCUT2D eigenvalue weighted by molar-refractivity contribution is 5.94. The fourth-order valence-corrected chi connectivity index (χ4v) is 11.7. The third-order valence-electron chi connectivity index (χ3n) is 14.2. The van der Waals surface area contributed by atoms with E-state index in [4.69, 9.17) is 25.9 Å². The lowest BCUT2D eigenvalue weighted by molar-refractivity contribution is 0.0463. The average molecular weight is 716 g/mol. The Balaban J connectivity index is 1.06. The summed E-state index contributed by atoms with van der Waals surface area (Å²) in [5, 5.41) is 1.14. The lowest BCUT2D eigenvalue weighted by Crippen LogP contribution is -2.48. The molecule has 6 atom stereocenters. The number of carbonyl (C=O) groups excluding carboxylic acids is 1. The summed E-state index contributed by atoms with van der Waals surface area (Å²) >= 11 is 0. The lowest BCUT2D eigenvalue weighted by atomic mass is 9.70. The number of ether oxygens (including phenoxy) is 2. The Hall–Kier alpha value is -3.83. The van der Waals surface area contributed by atoms with Gasteiger partial charge < -0.3 is 19.3 Å². The SMILES string of the molecule is C#Cc1c(C)ccc2c1[C@H](c1c(C)cc3c(N4CC5CCC(C5)C4)nc(OCC45CCCN4C(COC(=O)N4CCCC4)CC5)nc3c1C)C[C@H](C)C2. The number of aryl methyl sites for hydroxylation is 3. The smallest absolute Gasteiger partial charge is 0.409 e. The van der Waals surface area contributed by atoms with Crippen LogP contribution in [0.15, 0.2) is 18.2 Å². The minimum atomic E-state index is -0.152. The van der Waals surface area contributed by atoms with Gasteiger partial charge in [0, 0.05) is 49.1 Å². The zero-order valence-corrected chi connectivity index (χ0v) is 32.4. The van der Waals surface area contributed by atoms with Crippen LogP contribution in [0.4, 0.5) is 10.6 Å². The van der Waals surface area contributed by atoms with Crippen LogP contribution in [0.25, 0.3) is 10.9 Å². The Morgan fingerprint density at radius 2 is 1.75 bits per heavy atom. The Morgan fingerprint density at radius 1 is 0.962 bits per heavy atom. The van der Waals surface area contributed by atoms with E-state index in [-0.39, 0.29) is 23.6 Å². The molecule has 280 valence electrons. The largest absolute Gasteiger partial charge is 0.461 e. The zero-order chi connectivity index (χ0) is 36.4. The number of piperidine rings is 1. The quantitative estimate of drug-likeness (QED) is 0.229. The molecule has 0 spiro atoms. The Morgan fingerprint density at radius 3 is 2.53 bits per heavy atom. The molecule has 53 heavy (non-hydrogen) atoms. The maximum Gasteiger partial charge on any atom is 0.409 e. The van der Waals surface area contributed by atoms with Crippen LogP contribution < -0.4 is 9.64 Å². The molecule has 1 aromatic heterocycles. The number of anilines is 1. The summed E-state index contributed by atoms with van der Waals surface area (Å²) in [6, 6.07) is 7.62. The third kappa shape index (κ3) is 6.15. The first-order chi connectivity index (χ1) is 25.7. The van der Waals surface area contributed by atoms with E-state index in [1.54, 1.807) is 0 Å². The van der Waals surface area contributed by atoms with Crippen molar-refractivity contribution in [3.63, 3.8) is 0 Å². The molecule has 9 rings (SSSR count). The number of hydrogen-bond acceptors (Lipinski definition) is 7. The highest BCUT2D eigenvalue weighted by atomic mass is 16.6. The number of hydrogen-bond donors (Lipinski definition) is 0. The van der Waals surface area contributed by atoms with E-state index in [0.717, 1.165) is 118 Å². The van der Waals surface area contributed by atoms with Gasteiger partial charge in [0.2, 0.25) is 0 Å². The monoisotopic (exact) mass is 715 g/mol. The molecule has 3 aromatic rings. The first kappa shape index (κ1) is 34.9. The van der Waals surface area contributed by atoms with Gasteiger partial charge in [0.25, 0.3) is 0 Å². The van der Waals surface area contributed by atoms with E-state index in [1.807, 2.05) is 4.90 Å². The van der Waals surface area contributed by atoms with Gasteiger partial charge in [-0.25, -0.2) is 4.79 Å². The Labute approximate surface area is 316 Å². The molecule has 8 nitrogen and oxygen atoms in total. The highest BCUT2D eigenvalue weighted by Crippen LogP contribution is 2.47. The van der Waals surface area contributed by atoms with Gasteiger partial charge in [-0.2, -0.15) is 9.97 Å². The van der Waals surface area contributed by atoms with Crippen molar-refractivity contribution in [2.75, 3.05) is 50.8 Å². The van der Waals surface area contributed by atoms with E-state index in [1.165, 1.54) is 52.6 Å². The van der Waals surface area contributed by atoms with Crippen molar-refractivity contribution in [1.82, 2.24) is 19.8 Å². The van der Waals surface area contributed by atoms with Gasteiger partial charge in [0.15, 0.2) is 0 Å². The average Bonchev–Trinajstić information content (AvgIpc) is 3.96. The lowest BCUT2D eigenvalue weighted by Gasteiger charge is -2.36. The standard InChI is InChI=1S/C45H57N5O3/c1-6-36-29(3)10-13-34-20-28(2)21-37(40(34)36)39-30(4)22-38-41(31(39)5)46-43(47-42(38)49-24-32-11-12-33(23-32)25-49)53-27-45-15-9-19-50(45)35(14-16-45)26-52-44(51)48-17-7-8-18-48/h1,10,13,22,28,32-33,35,37H,7-9,11-12,14-21,23-27H2,2-5H3/t28-,32?,33?,35?,37+,45?/m1/s1. The van der Waals surface area contributed by atoms with Crippen molar-refractivity contribution < 1.29 is 14.3 Å². The number of benzene rings is 2. The maximum atomic E-state index is 12.7. The van der Waals surface area contributed by atoms with Crippen LogP contribution in [0, 0.1) is 50.9 Å². The number of carbonyl (C=O) groups is 1. The van der Waals surface area contributed by atoms with Gasteiger partial charge in [-0.05, 0) is 155 Å². The minimum Gasteiger partial charge on any atom is -0.461 e. The molecule has 8 heteroatoms. The van der Waals surface area contributed by atoms with Crippen LogP contribution in [0.5, 0.6) is 6.01 Å². The Bertz CT molecular complexity index is 1950. The molecule has 1 amide bonds. The molecule has 2 aliphatic carbocycles. The highest BCUT2D eigenvalue weighted by Gasteiger charge is 2.50. The number of likely N-dealkylation sites (tertiary alicyclic amines) is 1. The van der Waals surface area contributed by atoms with Gasteiger partial charge in [-0.1, -0.05) is 25.0 Å². The first-order valence-corrected chi connectivity index (χ1v) is 20.7. The number of amides is 1. The summed E-state index contributed by atoms with van der Waals surface area (Å²) in [7, 11) is 0. The predicted molar refractivity (Wildman–Crippen MR) is 210 cm³/mol. The van der Waals surface area contributed by atoms with Crippen LogP contribution in [0.1, 0.15) is 116 Å². The molecule has 2 aromatic carbocycles. The minimum absolute atomic E-state index is 0.0770. The first-order valence-electron chi connectivity index (χ1n) is 20.7. The van der Waals surface area contributed by atoms with E-state index in [2.05, 4.69) is 61.6 Å². The molecule has 4 saturated heterocycles. The summed E-state index contributed by atoms with van der Waals surface area (Å²) in [6.07, 6.45) is 18.6. The van der Waals surface area contributed by atoms with Crippen molar-refractivity contribution >= 4 is 22.8 Å². The molecule has 4 unspecified atom stereocenters.